The Balaban J connectivity index is 3.54. The first kappa shape index (κ1) is 10.2. The van der Waals surface area contributed by atoms with Crippen LogP contribution in [0, 0.1) is 5.92 Å². The third-order valence-electron chi connectivity index (χ3n) is 1.36. The summed E-state index contributed by atoms with van der Waals surface area (Å²) in [7, 11) is 0. The molecule has 1 atom stereocenters. The van der Waals surface area contributed by atoms with Gasteiger partial charge in [-0.05, 0) is 12.3 Å². The number of hydrogen-bond donors (Lipinski definition) is 0. The zero-order valence-corrected chi connectivity index (χ0v) is 6.96. The van der Waals surface area contributed by atoms with E-state index in [-0.39, 0.29) is 6.67 Å². The van der Waals surface area contributed by atoms with Gasteiger partial charge in [-0.1, -0.05) is 43.9 Å². The molecular formula is C10H15F. The van der Waals surface area contributed by atoms with E-state index in [4.69, 9.17) is 0 Å². The average Bonchev–Trinajstić information content (AvgIpc) is 1.99. The first-order valence-corrected chi connectivity index (χ1v) is 3.83. The van der Waals surface area contributed by atoms with E-state index in [1.807, 2.05) is 31.2 Å². The smallest absolute Gasteiger partial charge is 0.0900 e. The highest BCUT2D eigenvalue weighted by atomic mass is 19.1. The van der Waals surface area contributed by atoms with E-state index < -0.39 is 0 Å². The van der Waals surface area contributed by atoms with Gasteiger partial charge in [0.15, 0.2) is 0 Å². The maximum atomic E-state index is 11.8. The summed E-state index contributed by atoms with van der Waals surface area (Å²) in [5.41, 5.74) is 0. The lowest BCUT2D eigenvalue weighted by atomic mass is 10.1. The van der Waals surface area contributed by atoms with E-state index >= 15 is 0 Å². The van der Waals surface area contributed by atoms with Gasteiger partial charge in [0.2, 0.25) is 0 Å². The fourth-order valence-corrected chi connectivity index (χ4v) is 0.665. The van der Waals surface area contributed by atoms with Gasteiger partial charge in [-0.2, -0.15) is 0 Å². The summed E-state index contributed by atoms with van der Waals surface area (Å²) in [5.74, 6) is 0.328. The average molecular weight is 154 g/mol. The van der Waals surface area contributed by atoms with Crippen LogP contribution in [0.2, 0.25) is 0 Å². The zero-order valence-electron chi connectivity index (χ0n) is 6.96. The van der Waals surface area contributed by atoms with Crippen molar-refractivity contribution in [2.75, 3.05) is 6.67 Å². The molecule has 0 aliphatic carbocycles. The minimum absolute atomic E-state index is 0.239. The normalized spacial score (nSPS) is 14.4. The van der Waals surface area contributed by atoms with Gasteiger partial charge >= 0.3 is 0 Å². The highest BCUT2D eigenvalue weighted by molar-refractivity contribution is 5.09. The van der Waals surface area contributed by atoms with Crippen LogP contribution in [-0.2, 0) is 0 Å². The van der Waals surface area contributed by atoms with E-state index in [2.05, 4.69) is 6.58 Å². The Morgan fingerprint density at radius 1 is 1.36 bits per heavy atom. The molecule has 0 spiro atoms. The third kappa shape index (κ3) is 7.04. The zero-order chi connectivity index (χ0) is 8.53. The van der Waals surface area contributed by atoms with Gasteiger partial charge in [0.25, 0.3) is 0 Å². The Kier molecular flexibility index (Phi) is 6.70. The molecule has 11 heavy (non-hydrogen) atoms. The van der Waals surface area contributed by atoms with E-state index in [0.717, 1.165) is 0 Å². The molecule has 0 fully saturated rings. The molecule has 0 rings (SSSR count). The predicted molar refractivity (Wildman–Crippen MR) is 48.2 cm³/mol. The number of hydrogen-bond acceptors (Lipinski definition) is 0. The van der Waals surface area contributed by atoms with Gasteiger partial charge < -0.3 is 0 Å². The quantitative estimate of drug-likeness (QED) is 0.533. The van der Waals surface area contributed by atoms with Gasteiger partial charge in [-0.15, -0.1) is 0 Å². The van der Waals surface area contributed by atoms with Gasteiger partial charge in [0.05, 0.1) is 6.67 Å². The van der Waals surface area contributed by atoms with Crippen molar-refractivity contribution in [3.05, 3.63) is 37.0 Å². The highest BCUT2D eigenvalue weighted by Gasteiger charge is 1.92. The lowest BCUT2D eigenvalue weighted by molar-refractivity contribution is 0.437. The molecule has 0 aromatic heterocycles. The van der Waals surface area contributed by atoms with Crippen LogP contribution in [0.1, 0.15) is 13.3 Å². The summed E-state index contributed by atoms with van der Waals surface area (Å²) in [4.78, 5) is 0. The van der Waals surface area contributed by atoms with E-state index in [1.165, 1.54) is 0 Å². The van der Waals surface area contributed by atoms with Gasteiger partial charge in [0.1, 0.15) is 0 Å². The Bertz CT molecular complexity index is 145. The summed E-state index contributed by atoms with van der Waals surface area (Å²) in [6.07, 6.45) is 9.96. The maximum absolute atomic E-state index is 11.8. The SMILES string of the molecule is C=C/C=C/C=C\C(C)CCF. The predicted octanol–water partition coefficient (Wildman–Crippen LogP) is 3.28. The molecule has 1 heteroatoms. The molecule has 0 nitrogen and oxygen atoms in total. The summed E-state index contributed by atoms with van der Waals surface area (Å²) >= 11 is 0. The fraction of sp³-hybridized carbons (Fsp3) is 0.400. The van der Waals surface area contributed by atoms with Crippen molar-refractivity contribution < 1.29 is 4.39 Å². The van der Waals surface area contributed by atoms with Crippen LogP contribution in [0.3, 0.4) is 0 Å². The molecule has 1 unspecified atom stereocenters. The monoisotopic (exact) mass is 154 g/mol. The molecule has 0 aliphatic rings. The number of rotatable bonds is 5. The molecular weight excluding hydrogens is 139 g/mol. The molecule has 0 aromatic carbocycles. The molecule has 0 aliphatic heterocycles. The summed E-state index contributed by atoms with van der Waals surface area (Å²) in [6, 6.07) is 0. The molecule has 0 saturated carbocycles. The number of allylic oxidation sites excluding steroid dienone is 5. The lowest BCUT2D eigenvalue weighted by Crippen LogP contribution is -1.89. The van der Waals surface area contributed by atoms with Gasteiger partial charge in [0, 0.05) is 0 Å². The molecule has 0 heterocycles. The molecule has 62 valence electrons. The van der Waals surface area contributed by atoms with Crippen LogP contribution >= 0.6 is 0 Å². The fourth-order valence-electron chi connectivity index (χ4n) is 0.665. The Morgan fingerprint density at radius 2 is 2.09 bits per heavy atom. The second-order valence-corrected chi connectivity index (χ2v) is 2.46. The minimum Gasteiger partial charge on any atom is -0.251 e. The molecule has 0 saturated heterocycles. The number of alkyl halides is 1. The standard InChI is InChI=1S/C10H15F/c1-3-4-5-6-7-10(2)8-9-11/h3-7,10H,1,8-9H2,2H3/b5-4+,7-6-. The summed E-state index contributed by atoms with van der Waals surface area (Å²) in [6.45, 7) is 5.29. The Hall–Kier alpha value is -0.850. The van der Waals surface area contributed by atoms with Gasteiger partial charge in [-0.25, -0.2) is 0 Å². The summed E-state index contributed by atoms with van der Waals surface area (Å²) < 4.78 is 11.8. The number of halogens is 1. The van der Waals surface area contributed by atoms with E-state index in [1.54, 1.807) is 6.08 Å². The van der Waals surface area contributed by atoms with Gasteiger partial charge in [-0.3, -0.25) is 4.39 Å². The van der Waals surface area contributed by atoms with Crippen molar-refractivity contribution in [1.82, 2.24) is 0 Å². The molecule has 0 aromatic rings. The topological polar surface area (TPSA) is 0 Å². The minimum atomic E-state index is -0.239. The second kappa shape index (κ2) is 7.26. The van der Waals surface area contributed by atoms with Crippen molar-refractivity contribution in [2.45, 2.75) is 13.3 Å². The second-order valence-electron chi connectivity index (χ2n) is 2.46. The highest BCUT2D eigenvalue weighted by Crippen LogP contribution is 2.03. The first-order valence-electron chi connectivity index (χ1n) is 3.83. The van der Waals surface area contributed by atoms with Crippen LogP contribution in [0.25, 0.3) is 0 Å². The Labute approximate surface area is 68.1 Å². The Morgan fingerprint density at radius 3 is 2.64 bits per heavy atom. The maximum Gasteiger partial charge on any atom is 0.0900 e. The lowest BCUT2D eigenvalue weighted by Gasteiger charge is -1.98. The van der Waals surface area contributed by atoms with Crippen molar-refractivity contribution in [2.24, 2.45) is 5.92 Å². The largest absolute Gasteiger partial charge is 0.251 e. The third-order valence-corrected chi connectivity index (χ3v) is 1.36. The van der Waals surface area contributed by atoms with Crippen molar-refractivity contribution in [1.29, 1.82) is 0 Å². The van der Waals surface area contributed by atoms with Crippen LogP contribution in [-0.4, -0.2) is 6.67 Å². The van der Waals surface area contributed by atoms with Crippen LogP contribution in [0.5, 0.6) is 0 Å². The van der Waals surface area contributed by atoms with Crippen molar-refractivity contribution in [3.63, 3.8) is 0 Å². The molecule has 0 bridgehead atoms. The summed E-state index contributed by atoms with van der Waals surface area (Å²) in [5, 5.41) is 0. The molecule has 0 N–H and O–H groups in total. The van der Waals surface area contributed by atoms with E-state index in [0.29, 0.717) is 12.3 Å². The van der Waals surface area contributed by atoms with Crippen LogP contribution in [0.4, 0.5) is 4.39 Å². The molecule has 0 amide bonds. The molecule has 0 radical (unpaired) electrons. The van der Waals surface area contributed by atoms with E-state index in [9.17, 15) is 4.39 Å². The first-order chi connectivity index (χ1) is 5.31. The van der Waals surface area contributed by atoms with Crippen molar-refractivity contribution in [3.8, 4) is 0 Å². The van der Waals surface area contributed by atoms with Crippen molar-refractivity contribution >= 4 is 0 Å². The van der Waals surface area contributed by atoms with Crippen LogP contribution in [0.15, 0.2) is 37.0 Å². The van der Waals surface area contributed by atoms with Crippen LogP contribution < -0.4 is 0 Å².